The van der Waals surface area contributed by atoms with Crippen LogP contribution in [-0.2, 0) is 13.0 Å². The Labute approximate surface area is 159 Å². The lowest BCUT2D eigenvalue weighted by Crippen LogP contribution is -3.11. The number of quaternary nitrogens is 1. The van der Waals surface area contributed by atoms with Crippen molar-refractivity contribution >= 4 is 5.69 Å². The van der Waals surface area contributed by atoms with Crippen LogP contribution in [0.25, 0.3) is 0 Å². The minimum absolute atomic E-state index is 0.103. The van der Waals surface area contributed by atoms with E-state index in [0.717, 1.165) is 32.4 Å². The molecule has 1 fully saturated rings. The molecule has 1 N–H and O–H groups in total. The molecule has 27 heavy (non-hydrogen) atoms. The zero-order valence-electron chi connectivity index (χ0n) is 15.9. The predicted octanol–water partition coefficient (Wildman–Crippen LogP) is 2.65. The Bertz CT molecular complexity index is 771. The second-order valence-electron chi connectivity index (χ2n) is 7.15. The molecule has 0 unspecified atom stereocenters. The Balaban J connectivity index is 1.65. The summed E-state index contributed by atoms with van der Waals surface area (Å²) in [4.78, 5) is 12.5. The van der Waals surface area contributed by atoms with Gasteiger partial charge >= 0.3 is 0 Å². The van der Waals surface area contributed by atoms with Crippen LogP contribution in [0.4, 0.5) is 5.69 Å². The summed E-state index contributed by atoms with van der Waals surface area (Å²) in [5.41, 5.74) is 2.20. The first kappa shape index (κ1) is 19.2. The summed E-state index contributed by atoms with van der Waals surface area (Å²) >= 11 is 0. The van der Waals surface area contributed by atoms with Gasteiger partial charge in [0.1, 0.15) is 6.54 Å². The number of rotatable bonds is 7. The third-order valence-corrected chi connectivity index (χ3v) is 5.40. The molecule has 3 rings (SSSR count). The normalized spacial score (nSPS) is 19.5. The van der Waals surface area contributed by atoms with E-state index in [1.165, 1.54) is 23.6 Å². The number of nitro groups is 1. The molecule has 0 atom stereocenters. The molecule has 6 heteroatoms. The number of ether oxygens (including phenoxy) is 2. The van der Waals surface area contributed by atoms with Crippen LogP contribution in [0.2, 0.25) is 0 Å². The Hall–Kier alpha value is -2.60. The molecule has 2 aromatic carbocycles. The van der Waals surface area contributed by atoms with Crippen molar-refractivity contribution in [2.45, 2.75) is 25.8 Å². The number of piperidine rings is 1. The van der Waals surface area contributed by atoms with Gasteiger partial charge in [0.05, 0.1) is 43.9 Å². The second-order valence-corrected chi connectivity index (χ2v) is 7.15. The van der Waals surface area contributed by atoms with E-state index in [1.54, 1.807) is 13.2 Å². The average Bonchev–Trinajstić information content (AvgIpc) is 2.69. The molecule has 1 saturated heterocycles. The van der Waals surface area contributed by atoms with Crippen LogP contribution in [0.15, 0.2) is 42.5 Å². The number of nitrogens with zero attached hydrogens (tertiary/aromatic N) is 1. The van der Waals surface area contributed by atoms with Crippen molar-refractivity contribution in [2.24, 2.45) is 5.92 Å². The molecule has 2 aromatic rings. The highest BCUT2D eigenvalue weighted by Crippen LogP contribution is 2.34. The van der Waals surface area contributed by atoms with Crippen LogP contribution in [0, 0.1) is 16.0 Å². The van der Waals surface area contributed by atoms with E-state index in [0.29, 0.717) is 29.5 Å². The second kappa shape index (κ2) is 8.86. The fourth-order valence-corrected chi connectivity index (χ4v) is 3.91. The SMILES string of the molecule is COc1cc(C[NH+]2CCC(Cc3ccccc3)CC2)c([N+](=O)[O-])cc1OC. The van der Waals surface area contributed by atoms with Gasteiger partial charge in [-0.25, -0.2) is 0 Å². The number of nitro benzene ring substituents is 1. The van der Waals surface area contributed by atoms with E-state index in [4.69, 9.17) is 9.47 Å². The first-order valence-electron chi connectivity index (χ1n) is 9.37. The molecule has 0 amide bonds. The molecule has 0 radical (unpaired) electrons. The lowest BCUT2D eigenvalue weighted by atomic mass is 9.90. The summed E-state index contributed by atoms with van der Waals surface area (Å²) < 4.78 is 10.5. The van der Waals surface area contributed by atoms with Gasteiger partial charge in [-0.1, -0.05) is 30.3 Å². The van der Waals surface area contributed by atoms with Crippen LogP contribution in [-0.4, -0.2) is 32.2 Å². The monoisotopic (exact) mass is 371 g/mol. The number of nitrogens with one attached hydrogen (secondary N) is 1. The maximum Gasteiger partial charge on any atom is 0.282 e. The van der Waals surface area contributed by atoms with Gasteiger partial charge in [0.15, 0.2) is 11.5 Å². The quantitative estimate of drug-likeness (QED) is 0.600. The lowest BCUT2D eigenvalue weighted by Gasteiger charge is -2.29. The van der Waals surface area contributed by atoms with Crippen molar-refractivity contribution in [3.05, 3.63) is 63.7 Å². The largest absolute Gasteiger partial charge is 0.493 e. The van der Waals surface area contributed by atoms with Crippen molar-refractivity contribution < 1.29 is 19.3 Å². The van der Waals surface area contributed by atoms with Gasteiger partial charge in [0.2, 0.25) is 0 Å². The summed E-state index contributed by atoms with van der Waals surface area (Å²) in [5, 5.41) is 11.5. The van der Waals surface area contributed by atoms with Gasteiger partial charge in [0, 0.05) is 0 Å². The number of likely N-dealkylation sites (tertiary alicyclic amines) is 1. The Morgan fingerprint density at radius 2 is 1.70 bits per heavy atom. The molecule has 0 aliphatic carbocycles. The third-order valence-electron chi connectivity index (χ3n) is 5.40. The van der Waals surface area contributed by atoms with E-state index in [-0.39, 0.29) is 10.6 Å². The minimum Gasteiger partial charge on any atom is -0.493 e. The summed E-state index contributed by atoms with van der Waals surface area (Å²) in [6.07, 6.45) is 3.40. The number of hydrogen-bond donors (Lipinski definition) is 1. The van der Waals surface area contributed by atoms with Gasteiger partial charge in [-0.2, -0.15) is 0 Å². The molecular weight excluding hydrogens is 344 g/mol. The van der Waals surface area contributed by atoms with E-state index in [1.807, 2.05) is 6.07 Å². The predicted molar refractivity (Wildman–Crippen MR) is 103 cm³/mol. The van der Waals surface area contributed by atoms with Crippen LogP contribution < -0.4 is 14.4 Å². The number of hydrogen-bond acceptors (Lipinski definition) is 4. The minimum atomic E-state index is -0.334. The highest BCUT2D eigenvalue weighted by atomic mass is 16.6. The smallest absolute Gasteiger partial charge is 0.282 e. The molecule has 1 aliphatic heterocycles. The molecule has 0 aromatic heterocycles. The average molecular weight is 371 g/mol. The molecular formula is C21H27N2O4+. The van der Waals surface area contributed by atoms with Gasteiger partial charge < -0.3 is 14.4 Å². The molecule has 0 spiro atoms. The zero-order valence-corrected chi connectivity index (χ0v) is 15.9. The van der Waals surface area contributed by atoms with Crippen LogP contribution in [0.3, 0.4) is 0 Å². The molecule has 1 heterocycles. The Kier molecular flexibility index (Phi) is 6.29. The van der Waals surface area contributed by atoms with Crippen LogP contribution >= 0.6 is 0 Å². The summed E-state index contributed by atoms with van der Waals surface area (Å²) in [6.45, 7) is 2.70. The number of benzene rings is 2. The highest BCUT2D eigenvalue weighted by molar-refractivity contribution is 5.54. The molecule has 0 saturated carbocycles. The van der Waals surface area contributed by atoms with Crippen LogP contribution in [0.1, 0.15) is 24.0 Å². The first-order valence-corrected chi connectivity index (χ1v) is 9.37. The van der Waals surface area contributed by atoms with E-state index in [9.17, 15) is 10.1 Å². The van der Waals surface area contributed by atoms with E-state index < -0.39 is 0 Å². The third kappa shape index (κ3) is 4.77. The van der Waals surface area contributed by atoms with Crippen molar-refractivity contribution in [3.63, 3.8) is 0 Å². The molecule has 0 bridgehead atoms. The highest BCUT2D eigenvalue weighted by Gasteiger charge is 2.27. The van der Waals surface area contributed by atoms with Gasteiger partial charge in [-0.05, 0) is 36.8 Å². The number of methoxy groups -OCH3 is 2. The fourth-order valence-electron chi connectivity index (χ4n) is 3.91. The molecule has 144 valence electrons. The van der Waals surface area contributed by atoms with E-state index >= 15 is 0 Å². The van der Waals surface area contributed by atoms with Crippen molar-refractivity contribution in [1.29, 1.82) is 0 Å². The maximum absolute atomic E-state index is 11.5. The van der Waals surface area contributed by atoms with Crippen molar-refractivity contribution in [2.75, 3.05) is 27.3 Å². The molecule has 6 nitrogen and oxygen atoms in total. The fraction of sp³-hybridized carbons (Fsp3) is 0.429. The topological polar surface area (TPSA) is 66.0 Å². The standard InChI is InChI=1S/C21H26N2O4/c1-26-20-13-18(19(23(24)25)14-21(20)27-2)15-22-10-8-17(9-11-22)12-16-6-4-3-5-7-16/h3-7,13-14,17H,8-12,15H2,1-2H3/p+1. The Morgan fingerprint density at radius 1 is 1.07 bits per heavy atom. The lowest BCUT2D eigenvalue weighted by molar-refractivity contribution is -0.919. The van der Waals surface area contributed by atoms with Gasteiger partial charge in [-0.15, -0.1) is 0 Å². The summed E-state index contributed by atoms with van der Waals surface area (Å²) in [7, 11) is 3.04. The molecule has 1 aliphatic rings. The zero-order chi connectivity index (χ0) is 19.2. The van der Waals surface area contributed by atoms with Crippen molar-refractivity contribution in [3.8, 4) is 11.5 Å². The van der Waals surface area contributed by atoms with Crippen LogP contribution in [0.5, 0.6) is 11.5 Å². The maximum atomic E-state index is 11.5. The van der Waals surface area contributed by atoms with Crippen molar-refractivity contribution in [1.82, 2.24) is 0 Å². The first-order chi connectivity index (χ1) is 13.1. The summed E-state index contributed by atoms with van der Waals surface area (Å²) in [5.74, 6) is 1.62. The van der Waals surface area contributed by atoms with Gasteiger partial charge in [0.25, 0.3) is 5.69 Å². The van der Waals surface area contributed by atoms with Gasteiger partial charge in [-0.3, -0.25) is 10.1 Å². The van der Waals surface area contributed by atoms with E-state index in [2.05, 4.69) is 24.3 Å². The summed E-state index contributed by atoms with van der Waals surface area (Å²) in [6, 6.07) is 13.8. The Morgan fingerprint density at radius 3 is 2.30 bits per heavy atom.